The standard InChI is InChI=1S/C15H30N2O3/c1-11(6-7-18)10-16-12-8-15(5,9-12)17-13(19)20-14(2,3)4/h11-12,16,18H,6-10H2,1-5H3,(H,17,19). The van der Waals surface area contributed by atoms with Crippen molar-refractivity contribution in [2.75, 3.05) is 13.2 Å². The summed E-state index contributed by atoms with van der Waals surface area (Å²) in [5, 5.41) is 15.3. The third-order valence-electron chi connectivity index (χ3n) is 3.57. The Morgan fingerprint density at radius 2 is 2.05 bits per heavy atom. The monoisotopic (exact) mass is 286 g/mol. The normalized spacial score (nSPS) is 27.6. The highest BCUT2D eigenvalue weighted by molar-refractivity contribution is 5.69. The molecule has 0 aromatic rings. The highest BCUT2D eigenvalue weighted by atomic mass is 16.6. The largest absolute Gasteiger partial charge is 0.444 e. The van der Waals surface area contributed by atoms with Crippen molar-refractivity contribution >= 4 is 6.09 Å². The van der Waals surface area contributed by atoms with E-state index in [0.29, 0.717) is 12.0 Å². The summed E-state index contributed by atoms with van der Waals surface area (Å²) in [5.74, 6) is 0.477. The van der Waals surface area contributed by atoms with E-state index in [9.17, 15) is 4.79 Å². The Labute approximate surface area is 122 Å². The van der Waals surface area contributed by atoms with Crippen LogP contribution in [-0.4, -0.2) is 41.5 Å². The van der Waals surface area contributed by atoms with Gasteiger partial charge in [0.15, 0.2) is 0 Å². The molecule has 1 fully saturated rings. The van der Waals surface area contributed by atoms with E-state index in [4.69, 9.17) is 9.84 Å². The van der Waals surface area contributed by atoms with Crippen molar-refractivity contribution in [3.63, 3.8) is 0 Å². The quantitative estimate of drug-likeness (QED) is 0.699. The molecule has 5 heteroatoms. The molecule has 20 heavy (non-hydrogen) atoms. The Morgan fingerprint density at radius 1 is 1.45 bits per heavy atom. The van der Waals surface area contributed by atoms with Crippen LogP contribution in [0.25, 0.3) is 0 Å². The molecule has 0 bridgehead atoms. The minimum atomic E-state index is -0.457. The first-order valence-electron chi connectivity index (χ1n) is 7.49. The second-order valence-corrected chi connectivity index (χ2v) is 7.32. The van der Waals surface area contributed by atoms with Gasteiger partial charge in [0.1, 0.15) is 5.60 Å². The van der Waals surface area contributed by atoms with Crippen molar-refractivity contribution in [1.29, 1.82) is 0 Å². The first-order chi connectivity index (χ1) is 9.13. The van der Waals surface area contributed by atoms with Crippen LogP contribution in [0.4, 0.5) is 4.79 Å². The molecule has 118 valence electrons. The van der Waals surface area contributed by atoms with Crippen molar-refractivity contribution in [2.45, 2.75) is 71.1 Å². The number of ether oxygens (including phenoxy) is 1. The second kappa shape index (κ2) is 6.76. The van der Waals surface area contributed by atoms with Gasteiger partial charge in [0.25, 0.3) is 0 Å². The lowest BCUT2D eigenvalue weighted by Crippen LogP contribution is -2.61. The van der Waals surface area contributed by atoms with E-state index in [1.165, 1.54) is 0 Å². The molecule has 0 aliphatic heterocycles. The van der Waals surface area contributed by atoms with E-state index < -0.39 is 5.60 Å². The molecule has 1 aliphatic rings. The summed E-state index contributed by atoms with van der Waals surface area (Å²) in [4.78, 5) is 11.7. The van der Waals surface area contributed by atoms with Crippen molar-refractivity contribution in [1.82, 2.24) is 10.6 Å². The number of carbonyl (C=O) groups is 1. The number of aliphatic hydroxyl groups is 1. The fraction of sp³-hybridized carbons (Fsp3) is 0.933. The Morgan fingerprint density at radius 3 is 2.55 bits per heavy atom. The van der Waals surface area contributed by atoms with Gasteiger partial charge in [0.05, 0.1) is 0 Å². The molecule has 0 radical (unpaired) electrons. The molecule has 0 aromatic heterocycles. The highest BCUT2D eigenvalue weighted by Crippen LogP contribution is 2.32. The molecular formula is C15H30N2O3. The molecule has 0 spiro atoms. The van der Waals surface area contributed by atoms with Gasteiger partial charge >= 0.3 is 6.09 Å². The number of rotatable bonds is 6. The van der Waals surface area contributed by atoms with Crippen LogP contribution < -0.4 is 10.6 Å². The first-order valence-corrected chi connectivity index (χ1v) is 7.49. The van der Waals surface area contributed by atoms with Crippen LogP contribution in [0.1, 0.15) is 53.9 Å². The average molecular weight is 286 g/mol. The van der Waals surface area contributed by atoms with Gasteiger partial charge in [-0.1, -0.05) is 6.92 Å². The van der Waals surface area contributed by atoms with Crippen LogP contribution in [0, 0.1) is 5.92 Å². The van der Waals surface area contributed by atoms with E-state index in [2.05, 4.69) is 17.6 Å². The van der Waals surface area contributed by atoms with Crippen LogP contribution in [0.2, 0.25) is 0 Å². The van der Waals surface area contributed by atoms with Crippen LogP contribution >= 0.6 is 0 Å². The van der Waals surface area contributed by atoms with Crippen molar-refractivity contribution in [3.05, 3.63) is 0 Å². The SMILES string of the molecule is CC(CCO)CNC1CC(C)(NC(=O)OC(C)(C)C)C1. The van der Waals surface area contributed by atoms with E-state index >= 15 is 0 Å². The van der Waals surface area contributed by atoms with E-state index in [-0.39, 0.29) is 18.2 Å². The predicted molar refractivity (Wildman–Crippen MR) is 79.7 cm³/mol. The number of amides is 1. The van der Waals surface area contributed by atoms with Gasteiger partial charge in [-0.15, -0.1) is 0 Å². The number of hydrogen-bond donors (Lipinski definition) is 3. The highest BCUT2D eigenvalue weighted by Gasteiger charge is 2.42. The molecule has 1 rings (SSSR count). The summed E-state index contributed by atoms with van der Waals surface area (Å²) in [6.45, 7) is 10.9. The van der Waals surface area contributed by atoms with Gasteiger partial charge in [0, 0.05) is 18.2 Å². The van der Waals surface area contributed by atoms with Crippen LogP contribution in [-0.2, 0) is 4.74 Å². The number of alkyl carbamates (subject to hydrolysis) is 1. The van der Waals surface area contributed by atoms with Gasteiger partial charge in [0.2, 0.25) is 0 Å². The van der Waals surface area contributed by atoms with Gasteiger partial charge in [-0.05, 0) is 59.4 Å². The Bertz CT molecular complexity index is 320. The Hall–Kier alpha value is -0.810. The summed E-state index contributed by atoms with van der Waals surface area (Å²) in [7, 11) is 0. The van der Waals surface area contributed by atoms with Crippen LogP contribution in [0.5, 0.6) is 0 Å². The van der Waals surface area contributed by atoms with Crippen LogP contribution in [0.3, 0.4) is 0 Å². The minimum Gasteiger partial charge on any atom is -0.444 e. The lowest BCUT2D eigenvalue weighted by molar-refractivity contribution is 0.0363. The van der Waals surface area contributed by atoms with Crippen LogP contribution in [0.15, 0.2) is 0 Å². The molecule has 3 N–H and O–H groups in total. The maximum atomic E-state index is 11.7. The zero-order valence-corrected chi connectivity index (χ0v) is 13.5. The van der Waals surface area contributed by atoms with E-state index in [1.54, 1.807) is 0 Å². The van der Waals surface area contributed by atoms with Crippen molar-refractivity contribution in [3.8, 4) is 0 Å². The zero-order chi connectivity index (χ0) is 15.4. The molecule has 1 aliphatic carbocycles. The summed E-state index contributed by atoms with van der Waals surface area (Å²) in [5.41, 5.74) is -0.623. The van der Waals surface area contributed by atoms with E-state index in [0.717, 1.165) is 25.8 Å². The van der Waals surface area contributed by atoms with E-state index in [1.807, 2.05) is 27.7 Å². The molecular weight excluding hydrogens is 256 g/mol. The fourth-order valence-electron chi connectivity index (χ4n) is 2.51. The molecule has 0 heterocycles. The van der Waals surface area contributed by atoms with Gasteiger partial charge in [-0.3, -0.25) is 0 Å². The minimum absolute atomic E-state index is 0.166. The van der Waals surface area contributed by atoms with Gasteiger partial charge in [-0.25, -0.2) is 4.79 Å². The Kier molecular flexibility index (Phi) is 5.83. The van der Waals surface area contributed by atoms with Crippen molar-refractivity contribution < 1.29 is 14.6 Å². The summed E-state index contributed by atoms with van der Waals surface area (Å²) < 4.78 is 5.28. The maximum absolute atomic E-state index is 11.7. The lowest BCUT2D eigenvalue weighted by atomic mass is 9.74. The summed E-state index contributed by atoms with van der Waals surface area (Å²) in [6, 6.07) is 0.441. The third kappa shape index (κ3) is 6.09. The number of aliphatic hydroxyl groups excluding tert-OH is 1. The smallest absolute Gasteiger partial charge is 0.408 e. The average Bonchev–Trinajstić information content (AvgIpc) is 2.20. The molecule has 5 nitrogen and oxygen atoms in total. The molecule has 1 atom stereocenters. The summed E-state index contributed by atoms with van der Waals surface area (Å²) >= 11 is 0. The first kappa shape index (κ1) is 17.2. The number of carbonyl (C=O) groups excluding carboxylic acids is 1. The predicted octanol–water partition coefficient (Wildman–Crippen LogP) is 2.04. The number of hydrogen-bond acceptors (Lipinski definition) is 4. The van der Waals surface area contributed by atoms with Gasteiger partial charge < -0.3 is 20.5 Å². The Balaban J connectivity index is 2.23. The maximum Gasteiger partial charge on any atom is 0.408 e. The van der Waals surface area contributed by atoms with Gasteiger partial charge in [-0.2, -0.15) is 0 Å². The molecule has 1 saturated carbocycles. The fourth-order valence-corrected chi connectivity index (χ4v) is 2.51. The molecule has 0 aromatic carbocycles. The molecule has 1 unspecified atom stereocenters. The molecule has 1 amide bonds. The summed E-state index contributed by atoms with van der Waals surface area (Å²) in [6.07, 6.45) is 2.32. The second-order valence-electron chi connectivity index (χ2n) is 7.32. The van der Waals surface area contributed by atoms with Crippen molar-refractivity contribution in [2.24, 2.45) is 5.92 Å². The third-order valence-corrected chi connectivity index (χ3v) is 3.57. The number of nitrogens with one attached hydrogen (secondary N) is 2. The zero-order valence-electron chi connectivity index (χ0n) is 13.5. The molecule has 0 saturated heterocycles. The topological polar surface area (TPSA) is 70.6 Å². The lowest BCUT2D eigenvalue weighted by Gasteiger charge is -2.46.